The number of rotatable bonds is 7. The van der Waals surface area contributed by atoms with E-state index in [-0.39, 0.29) is 24.2 Å². The molecule has 0 fully saturated rings. The van der Waals surface area contributed by atoms with Gasteiger partial charge in [0.25, 0.3) is 0 Å². The lowest BCUT2D eigenvalue weighted by Crippen LogP contribution is -2.46. The predicted octanol–water partition coefficient (Wildman–Crippen LogP) is -0.256. The monoisotopic (exact) mass is 258 g/mol. The van der Waals surface area contributed by atoms with Crippen LogP contribution in [-0.2, 0) is 9.59 Å². The van der Waals surface area contributed by atoms with Crippen LogP contribution in [0.1, 0.15) is 26.7 Å². The molecule has 1 atom stereocenters. The molecule has 0 rings (SSSR count). The first-order valence-corrected chi connectivity index (χ1v) is 5.98. The summed E-state index contributed by atoms with van der Waals surface area (Å²) < 4.78 is 0. The second kappa shape index (κ2) is 8.32. The summed E-state index contributed by atoms with van der Waals surface area (Å²) in [6.07, 6.45) is 1.15. The van der Waals surface area contributed by atoms with Gasteiger partial charge in [-0.15, -0.1) is 0 Å². The van der Waals surface area contributed by atoms with Gasteiger partial charge in [0.05, 0.1) is 12.5 Å². The van der Waals surface area contributed by atoms with E-state index in [0.717, 1.165) is 6.42 Å². The Morgan fingerprint density at radius 1 is 1.44 bits per heavy atom. The molecule has 1 unspecified atom stereocenters. The van der Waals surface area contributed by atoms with Gasteiger partial charge in [-0.25, -0.2) is 0 Å². The lowest BCUT2D eigenvalue weighted by Gasteiger charge is -2.25. The summed E-state index contributed by atoms with van der Waals surface area (Å²) in [5.74, 6) is -1.35. The van der Waals surface area contributed by atoms with Gasteiger partial charge in [-0.3, -0.25) is 9.59 Å². The van der Waals surface area contributed by atoms with Gasteiger partial charge in [0.2, 0.25) is 11.8 Å². The number of hydrogen-bond acceptors (Lipinski definition) is 4. The third kappa shape index (κ3) is 4.60. The molecule has 0 aliphatic heterocycles. The zero-order valence-corrected chi connectivity index (χ0v) is 11.1. The van der Waals surface area contributed by atoms with Crippen molar-refractivity contribution in [2.45, 2.75) is 26.7 Å². The normalized spacial score (nSPS) is 12.9. The van der Waals surface area contributed by atoms with Crippen molar-refractivity contribution in [2.24, 2.45) is 16.8 Å². The largest absolute Gasteiger partial charge is 0.409 e. The molecule has 104 valence electrons. The third-order valence-electron chi connectivity index (χ3n) is 2.60. The van der Waals surface area contributed by atoms with E-state index in [4.69, 9.17) is 10.9 Å². The maximum Gasteiger partial charge on any atom is 0.239 e. The number of likely N-dealkylation sites (N-methyl/N-ethyl adjacent to an activating group) is 1. The van der Waals surface area contributed by atoms with Crippen molar-refractivity contribution >= 4 is 17.6 Å². The van der Waals surface area contributed by atoms with Crippen molar-refractivity contribution in [3.63, 3.8) is 0 Å². The number of oxime groups is 1. The van der Waals surface area contributed by atoms with E-state index in [9.17, 15) is 9.59 Å². The van der Waals surface area contributed by atoms with Crippen LogP contribution < -0.4 is 11.1 Å². The van der Waals surface area contributed by atoms with Crippen LogP contribution >= 0.6 is 0 Å². The Labute approximate surface area is 107 Å². The van der Waals surface area contributed by atoms with Crippen LogP contribution in [0.5, 0.6) is 0 Å². The van der Waals surface area contributed by atoms with Gasteiger partial charge in [0.1, 0.15) is 0 Å². The van der Waals surface area contributed by atoms with Crippen molar-refractivity contribution in [1.82, 2.24) is 10.2 Å². The average molecular weight is 258 g/mol. The lowest BCUT2D eigenvalue weighted by molar-refractivity contribution is -0.137. The van der Waals surface area contributed by atoms with Gasteiger partial charge in [-0.05, 0) is 12.8 Å². The minimum atomic E-state index is -0.689. The van der Waals surface area contributed by atoms with Crippen LogP contribution in [0, 0.1) is 5.92 Å². The maximum absolute atomic E-state index is 12.2. The molecule has 4 N–H and O–H groups in total. The van der Waals surface area contributed by atoms with E-state index in [1.54, 1.807) is 6.92 Å². The maximum atomic E-state index is 12.2. The first kappa shape index (κ1) is 16.2. The first-order valence-electron chi connectivity index (χ1n) is 5.98. The molecular weight excluding hydrogens is 236 g/mol. The van der Waals surface area contributed by atoms with Gasteiger partial charge >= 0.3 is 0 Å². The summed E-state index contributed by atoms with van der Waals surface area (Å²) >= 11 is 0. The number of carbonyl (C=O) groups is 2. The molecule has 0 spiro atoms. The van der Waals surface area contributed by atoms with Gasteiger partial charge in [0, 0.05) is 13.6 Å². The second-order valence-corrected chi connectivity index (χ2v) is 3.92. The molecule has 0 bridgehead atoms. The highest BCUT2D eigenvalue weighted by Crippen LogP contribution is 2.09. The standard InChI is InChI=1S/C11H22N4O3/c1-4-6-15(7-9(16)13-3)11(17)8(5-2)10(12)14-18/h8,18H,4-7H2,1-3H3,(H2,12,14)(H,13,16). The Hall–Kier alpha value is -1.79. The van der Waals surface area contributed by atoms with Crippen LogP contribution in [0.25, 0.3) is 0 Å². The molecule has 0 aromatic rings. The number of hydrogen-bond donors (Lipinski definition) is 3. The molecule has 0 saturated heterocycles. The third-order valence-corrected chi connectivity index (χ3v) is 2.60. The first-order chi connectivity index (χ1) is 8.51. The molecule has 7 nitrogen and oxygen atoms in total. The van der Waals surface area contributed by atoms with E-state index in [1.165, 1.54) is 11.9 Å². The highest BCUT2D eigenvalue weighted by Gasteiger charge is 2.27. The highest BCUT2D eigenvalue weighted by molar-refractivity contribution is 6.02. The smallest absolute Gasteiger partial charge is 0.239 e. The van der Waals surface area contributed by atoms with Gasteiger partial charge in [-0.1, -0.05) is 19.0 Å². The van der Waals surface area contributed by atoms with Crippen LogP contribution in [0.3, 0.4) is 0 Å². The number of nitrogens with one attached hydrogen (secondary N) is 1. The molecule has 18 heavy (non-hydrogen) atoms. The number of nitrogens with zero attached hydrogens (tertiary/aromatic N) is 2. The Morgan fingerprint density at radius 3 is 2.44 bits per heavy atom. The highest BCUT2D eigenvalue weighted by atomic mass is 16.4. The predicted molar refractivity (Wildman–Crippen MR) is 68.1 cm³/mol. The van der Waals surface area contributed by atoms with Gasteiger partial charge in [0.15, 0.2) is 5.84 Å². The van der Waals surface area contributed by atoms with Gasteiger partial charge < -0.3 is 21.2 Å². The number of amides is 2. The van der Waals surface area contributed by atoms with Crippen molar-refractivity contribution < 1.29 is 14.8 Å². The summed E-state index contributed by atoms with van der Waals surface area (Å²) in [4.78, 5) is 24.9. The van der Waals surface area contributed by atoms with Crippen molar-refractivity contribution in [3.8, 4) is 0 Å². The van der Waals surface area contributed by atoms with E-state index >= 15 is 0 Å². The van der Waals surface area contributed by atoms with Crippen LogP contribution in [0.4, 0.5) is 0 Å². The molecule has 7 heteroatoms. The van der Waals surface area contributed by atoms with Crippen LogP contribution in [-0.4, -0.2) is 47.9 Å². The SMILES string of the molecule is CCCN(CC(=O)NC)C(=O)C(CC)C(N)=NO. The Morgan fingerprint density at radius 2 is 2.06 bits per heavy atom. The summed E-state index contributed by atoms with van der Waals surface area (Å²) in [5, 5.41) is 14.0. The van der Waals surface area contributed by atoms with Crippen molar-refractivity contribution in [2.75, 3.05) is 20.1 Å². The van der Waals surface area contributed by atoms with Gasteiger partial charge in [-0.2, -0.15) is 0 Å². The van der Waals surface area contributed by atoms with E-state index in [1.807, 2.05) is 6.92 Å². The molecular formula is C11H22N4O3. The Balaban J connectivity index is 4.87. The van der Waals surface area contributed by atoms with Crippen molar-refractivity contribution in [3.05, 3.63) is 0 Å². The molecule has 0 aliphatic carbocycles. The molecule has 0 radical (unpaired) electrons. The second-order valence-electron chi connectivity index (χ2n) is 3.92. The molecule has 0 saturated carbocycles. The average Bonchev–Trinajstić information content (AvgIpc) is 2.38. The minimum Gasteiger partial charge on any atom is -0.409 e. The minimum absolute atomic E-state index is 0.0155. The molecule has 0 aliphatic rings. The molecule has 0 aromatic carbocycles. The molecule has 2 amide bonds. The van der Waals surface area contributed by atoms with E-state index < -0.39 is 5.92 Å². The fourth-order valence-electron chi connectivity index (χ4n) is 1.59. The molecule has 0 aromatic heterocycles. The van der Waals surface area contributed by atoms with E-state index in [0.29, 0.717) is 13.0 Å². The fourth-order valence-corrected chi connectivity index (χ4v) is 1.59. The summed E-state index contributed by atoms with van der Waals surface area (Å²) in [6, 6.07) is 0. The van der Waals surface area contributed by atoms with Crippen molar-refractivity contribution in [1.29, 1.82) is 0 Å². The lowest BCUT2D eigenvalue weighted by atomic mass is 10.0. The Bertz CT molecular complexity index is 317. The number of carbonyl (C=O) groups excluding carboxylic acids is 2. The Kier molecular flexibility index (Phi) is 7.50. The topological polar surface area (TPSA) is 108 Å². The fraction of sp³-hybridized carbons (Fsp3) is 0.727. The van der Waals surface area contributed by atoms with Crippen LogP contribution in [0.2, 0.25) is 0 Å². The quantitative estimate of drug-likeness (QED) is 0.253. The van der Waals surface area contributed by atoms with E-state index in [2.05, 4.69) is 10.5 Å². The zero-order valence-electron chi connectivity index (χ0n) is 11.1. The summed E-state index contributed by atoms with van der Waals surface area (Å²) in [6.45, 7) is 4.12. The summed E-state index contributed by atoms with van der Waals surface area (Å²) in [7, 11) is 1.51. The number of nitrogens with two attached hydrogens (primary N) is 1. The summed E-state index contributed by atoms with van der Waals surface area (Å²) in [5.41, 5.74) is 5.48. The number of amidine groups is 1. The zero-order chi connectivity index (χ0) is 14.1. The van der Waals surface area contributed by atoms with Crippen LogP contribution in [0.15, 0.2) is 5.16 Å². The molecule has 0 heterocycles.